The van der Waals surface area contributed by atoms with Crippen LogP contribution < -0.4 is 0 Å². The second kappa shape index (κ2) is 6.11. The molecule has 0 aromatic heterocycles. The van der Waals surface area contributed by atoms with Gasteiger partial charge in [0.25, 0.3) is 0 Å². The van der Waals surface area contributed by atoms with Crippen molar-refractivity contribution in [2.45, 2.75) is 12.8 Å². The number of aliphatic hydroxyl groups is 1. The van der Waals surface area contributed by atoms with E-state index in [9.17, 15) is 5.11 Å². The third-order valence-electron chi connectivity index (χ3n) is 2.62. The zero-order valence-electron chi connectivity index (χ0n) is 9.11. The molecule has 0 heterocycles. The maximum atomic E-state index is 9.39. The molecule has 0 saturated heterocycles. The second-order valence-corrected chi connectivity index (χ2v) is 4.15. The average molecular weight is 229 g/mol. The minimum absolute atomic E-state index is 0.0404. The Morgan fingerprint density at radius 2 is 2.07 bits per heavy atom. The van der Waals surface area contributed by atoms with Crippen molar-refractivity contribution in [3.8, 4) is 0 Å². The van der Waals surface area contributed by atoms with Crippen molar-refractivity contribution in [1.29, 1.82) is 0 Å². The van der Waals surface area contributed by atoms with Crippen molar-refractivity contribution in [3.05, 3.63) is 34.9 Å². The van der Waals surface area contributed by atoms with Crippen LogP contribution in [0.1, 0.15) is 18.4 Å². The summed E-state index contributed by atoms with van der Waals surface area (Å²) in [6.45, 7) is 2.76. The molecule has 3 heteroatoms. The van der Waals surface area contributed by atoms with Crippen molar-refractivity contribution in [3.63, 3.8) is 0 Å². The van der Waals surface area contributed by atoms with Gasteiger partial charge in [-0.15, -0.1) is 0 Å². The van der Waals surface area contributed by atoms with Crippen molar-refractivity contribution in [2.75, 3.05) is 20.3 Å². The summed E-state index contributed by atoms with van der Waals surface area (Å²) in [5, 5.41) is 10.1. The van der Waals surface area contributed by atoms with Crippen LogP contribution in [0.5, 0.6) is 0 Å². The number of halogens is 1. The Morgan fingerprint density at radius 1 is 1.40 bits per heavy atom. The van der Waals surface area contributed by atoms with E-state index in [1.807, 2.05) is 31.2 Å². The van der Waals surface area contributed by atoms with E-state index in [0.29, 0.717) is 11.6 Å². The molecule has 0 spiro atoms. The molecule has 15 heavy (non-hydrogen) atoms. The van der Waals surface area contributed by atoms with E-state index in [4.69, 9.17) is 16.3 Å². The molecule has 2 unspecified atom stereocenters. The highest BCUT2D eigenvalue weighted by Crippen LogP contribution is 2.29. The van der Waals surface area contributed by atoms with Gasteiger partial charge in [0.15, 0.2) is 0 Å². The summed E-state index contributed by atoms with van der Waals surface area (Å²) in [6, 6.07) is 7.62. The van der Waals surface area contributed by atoms with Gasteiger partial charge in [-0.2, -0.15) is 0 Å². The van der Waals surface area contributed by atoms with Crippen LogP contribution in [0.2, 0.25) is 5.02 Å². The molecule has 0 saturated carbocycles. The van der Waals surface area contributed by atoms with Crippen LogP contribution in [-0.4, -0.2) is 25.4 Å². The van der Waals surface area contributed by atoms with E-state index in [2.05, 4.69) is 0 Å². The smallest absolute Gasteiger partial charge is 0.0503 e. The number of hydrogen-bond acceptors (Lipinski definition) is 2. The highest BCUT2D eigenvalue weighted by Gasteiger charge is 2.20. The standard InChI is InChI=1S/C12H17ClO2/c1-9(8-15-2)11(7-14)10-5-3-4-6-12(10)13/h3-6,9,11,14H,7-8H2,1-2H3. The average Bonchev–Trinajstić information content (AvgIpc) is 2.22. The summed E-state index contributed by atoms with van der Waals surface area (Å²) in [4.78, 5) is 0. The largest absolute Gasteiger partial charge is 0.396 e. The van der Waals surface area contributed by atoms with Crippen LogP contribution >= 0.6 is 11.6 Å². The fourth-order valence-electron chi connectivity index (χ4n) is 1.74. The fourth-order valence-corrected chi connectivity index (χ4v) is 2.02. The molecule has 0 amide bonds. The van der Waals surface area contributed by atoms with Gasteiger partial charge in [-0.25, -0.2) is 0 Å². The Morgan fingerprint density at radius 3 is 2.60 bits per heavy atom. The summed E-state index contributed by atoms with van der Waals surface area (Å²) in [5.74, 6) is 0.290. The van der Waals surface area contributed by atoms with E-state index in [-0.39, 0.29) is 18.4 Å². The first-order valence-corrected chi connectivity index (χ1v) is 5.42. The summed E-state index contributed by atoms with van der Waals surface area (Å²) in [6.07, 6.45) is 0. The number of methoxy groups -OCH3 is 1. The number of hydrogen-bond donors (Lipinski definition) is 1. The van der Waals surface area contributed by atoms with E-state index >= 15 is 0 Å². The van der Waals surface area contributed by atoms with Gasteiger partial charge in [0.05, 0.1) is 6.61 Å². The molecular formula is C12H17ClO2. The fraction of sp³-hybridized carbons (Fsp3) is 0.500. The van der Waals surface area contributed by atoms with Crippen LogP contribution in [0, 0.1) is 5.92 Å². The molecule has 84 valence electrons. The maximum absolute atomic E-state index is 9.39. The predicted molar refractivity (Wildman–Crippen MR) is 62.3 cm³/mol. The first-order valence-electron chi connectivity index (χ1n) is 5.05. The molecule has 1 rings (SSSR count). The van der Waals surface area contributed by atoms with Crippen molar-refractivity contribution < 1.29 is 9.84 Å². The molecule has 0 fully saturated rings. The molecule has 2 atom stereocenters. The minimum atomic E-state index is 0.0404. The number of aliphatic hydroxyl groups excluding tert-OH is 1. The van der Waals surface area contributed by atoms with Crippen LogP contribution in [-0.2, 0) is 4.74 Å². The molecule has 0 aliphatic rings. The summed E-state index contributed by atoms with van der Waals surface area (Å²) in [7, 11) is 1.66. The third-order valence-corrected chi connectivity index (χ3v) is 2.96. The highest BCUT2D eigenvalue weighted by molar-refractivity contribution is 6.31. The van der Waals surface area contributed by atoms with Gasteiger partial charge in [-0.3, -0.25) is 0 Å². The molecule has 0 aliphatic carbocycles. The zero-order chi connectivity index (χ0) is 11.3. The summed E-state index contributed by atoms with van der Waals surface area (Å²) >= 11 is 6.09. The van der Waals surface area contributed by atoms with Gasteiger partial charge in [0.2, 0.25) is 0 Å². The van der Waals surface area contributed by atoms with Gasteiger partial charge in [-0.1, -0.05) is 36.7 Å². The van der Waals surface area contributed by atoms with Gasteiger partial charge < -0.3 is 9.84 Å². The van der Waals surface area contributed by atoms with Crippen LogP contribution in [0.4, 0.5) is 0 Å². The number of benzene rings is 1. The first kappa shape index (κ1) is 12.5. The van der Waals surface area contributed by atoms with E-state index in [1.54, 1.807) is 7.11 Å². The predicted octanol–water partition coefficient (Wildman–Crippen LogP) is 2.70. The molecular weight excluding hydrogens is 212 g/mol. The summed E-state index contributed by atoms with van der Waals surface area (Å²) in [5.41, 5.74) is 0.992. The van der Waals surface area contributed by atoms with Gasteiger partial charge in [-0.05, 0) is 17.5 Å². The molecule has 1 N–H and O–H groups in total. The number of rotatable bonds is 5. The monoisotopic (exact) mass is 228 g/mol. The Kier molecular flexibility index (Phi) is 5.09. The lowest BCUT2D eigenvalue weighted by Gasteiger charge is -2.22. The van der Waals surface area contributed by atoms with Crippen molar-refractivity contribution in [2.24, 2.45) is 5.92 Å². The molecule has 0 aliphatic heterocycles. The van der Waals surface area contributed by atoms with E-state index in [0.717, 1.165) is 5.56 Å². The van der Waals surface area contributed by atoms with Crippen LogP contribution in [0.25, 0.3) is 0 Å². The summed E-state index contributed by atoms with van der Waals surface area (Å²) < 4.78 is 5.09. The molecule has 1 aromatic rings. The molecule has 1 aromatic carbocycles. The van der Waals surface area contributed by atoms with Crippen LogP contribution in [0.3, 0.4) is 0 Å². The lowest BCUT2D eigenvalue weighted by molar-refractivity contribution is 0.126. The Hall–Kier alpha value is -0.570. The van der Waals surface area contributed by atoms with Crippen molar-refractivity contribution in [1.82, 2.24) is 0 Å². The van der Waals surface area contributed by atoms with Crippen LogP contribution in [0.15, 0.2) is 24.3 Å². The quantitative estimate of drug-likeness (QED) is 0.840. The highest BCUT2D eigenvalue weighted by atomic mass is 35.5. The second-order valence-electron chi connectivity index (χ2n) is 3.74. The topological polar surface area (TPSA) is 29.5 Å². The zero-order valence-corrected chi connectivity index (χ0v) is 9.87. The van der Waals surface area contributed by atoms with Gasteiger partial charge in [0, 0.05) is 24.7 Å². The van der Waals surface area contributed by atoms with Crippen molar-refractivity contribution >= 4 is 11.6 Å². The molecule has 0 bridgehead atoms. The Balaban J connectivity index is 2.87. The first-order chi connectivity index (χ1) is 7.20. The lowest BCUT2D eigenvalue weighted by Crippen LogP contribution is -2.18. The maximum Gasteiger partial charge on any atom is 0.0503 e. The Bertz CT molecular complexity index is 301. The Labute approximate surface area is 95.8 Å². The normalized spacial score (nSPS) is 14.9. The third kappa shape index (κ3) is 3.20. The van der Waals surface area contributed by atoms with E-state index < -0.39 is 0 Å². The molecule has 0 radical (unpaired) electrons. The SMILES string of the molecule is COCC(C)C(CO)c1ccccc1Cl. The number of ether oxygens (including phenoxy) is 1. The lowest BCUT2D eigenvalue weighted by atomic mass is 9.88. The van der Waals surface area contributed by atoms with E-state index in [1.165, 1.54) is 0 Å². The van der Waals surface area contributed by atoms with Gasteiger partial charge >= 0.3 is 0 Å². The van der Waals surface area contributed by atoms with Gasteiger partial charge in [0.1, 0.15) is 0 Å². The minimum Gasteiger partial charge on any atom is -0.396 e. The molecule has 2 nitrogen and oxygen atoms in total.